The molecule has 0 radical (unpaired) electrons. The van der Waals surface area contributed by atoms with E-state index in [0.717, 1.165) is 25.9 Å². The fraction of sp³-hybridized carbons (Fsp3) is 0.625. The van der Waals surface area contributed by atoms with Gasteiger partial charge in [-0.1, -0.05) is 30.3 Å². The smallest absolute Gasteiger partial charge is 0.0386 e. The first-order chi connectivity index (χ1) is 9.70. The van der Waals surface area contributed by atoms with Crippen LogP contribution in [-0.2, 0) is 6.42 Å². The largest absolute Gasteiger partial charge is 0.305 e. The van der Waals surface area contributed by atoms with Crippen LogP contribution in [0.15, 0.2) is 30.3 Å². The minimum absolute atomic E-state index is 0.334. The van der Waals surface area contributed by atoms with Crippen molar-refractivity contribution in [1.82, 2.24) is 15.2 Å². The number of rotatable bonds is 5. The maximum atomic E-state index is 5.83. The molecule has 1 aromatic rings. The number of benzene rings is 1. The third kappa shape index (κ3) is 4.28. The summed E-state index contributed by atoms with van der Waals surface area (Å²) in [4.78, 5) is 4.88. The Labute approximate surface area is 122 Å². The first kappa shape index (κ1) is 15.4. The van der Waals surface area contributed by atoms with E-state index in [2.05, 4.69) is 59.7 Å². The molecule has 1 fully saturated rings. The summed E-state index contributed by atoms with van der Waals surface area (Å²) in [6, 6.07) is 11.5. The maximum absolute atomic E-state index is 5.83. The fourth-order valence-corrected chi connectivity index (χ4v) is 3.09. The molecule has 0 saturated carbocycles. The van der Waals surface area contributed by atoms with Gasteiger partial charge in [-0.15, -0.1) is 0 Å². The second kappa shape index (κ2) is 7.74. The van der Waals surface area contributed by atoms with Gasteiger partial charge in [-0.05, 0) is 52.0 Å². The molecule has 1 aliphatic rings. The summed E-state index contributed by atoms with van der Waals surface area (Å²) in [5.41, 5.74) is 4.44. The van der Waals surface area contributed by atoms with Crippen LogP contribution in [0.5, 0.6) is 0 Å². The van der Waals surface area contributed by atoms with E-state index in [9.17, 15) is 0 Å². The molecule has 1 aliphatic heterocycles. The average Bonchev–Trinajstić information content (AvgIpc) is 2.63. The van der Waals surface area contributed by atoms with Gasteiger partial charge in [-0.3, -0.25) is 11.3 Å². The second-order valence-electron chi connectivity index (χ2n) is 5.96. The minimum Gasteiger partial charge on any atom is -0.305 e. The van der Waals surface area contributed by atoms with Crippen LogP contribution in [-0.4, -0.2) is 55.6 Å². The van der Waals surface area contributed by atoms with Gasteiger partial charge in [-0.25, -0.2) is 0 Å². The Morgan fingerprint density at radius 1 is 1.25 bits per heavy atom. The van der Waals surface area contributed by atoms with Gasteiger partial charge in [0.1, 0.15) is 0 Å². The Kier molecular flexibility index (Phi) is 5.98. The van der Waals surface area contributed by atoms with Crippen LogP contribution in [0.25, 0.3) is 0 Å². The Morgan fingerprint density at radius 2 is 2.00 bits per heavy atom. The highest BCUT2D eigenvalue weighted by molar-refractivity contribution is 5.15. The molecular formula is C16H28N4. The van der Waals surface area contributed by atoms with Crippen LogP contribution in [0.4, 0.5) is 0 Å². The van der Waals surface area contributed by atoms with Gasteiger partial charge in [-0.2, -0.15) is 0 Å². The first-order valence-electron chi connectivity index (χ1n) is 7.59. The summed E-state index contributed by atoms with van der Waals surface area (Å²) < 4.78 is 0. The van der Waals surface area contributed by atoms with Crippen molar-refractivity contribution in [3.63, 3.8) is 0 Å². The lowest BCUT2D eigenvalue weighted by Crippen LogP contribution is -2.54. The Hall–Kier alpha value is -0.940. The summed E-state index contributed by atoms with van der Waals surface area (Å²) in [5, 5.41) is 0. The van der Waals surface area contributed by atoms with Gasteiger partial charge in [0, 0.05) is 18.6 Å². The molecule has 2 atom stereocenters. The highest BCUT2D eigenvalue weighted by Gasteiger charge is 2.27. The van der Waals surface area contributed by atoms with E-state index < -0.39 is 0 Å². The van der Waals surface area contributed by atoms with Crippen LogP contribution in [0, 0.1) is 0 Å². The molecule has 0 amide bonds. The van der Waals surface area contributed by atoms with Crippen molar-refractivity contribution < 1.29 is 0 Å². The van der Waals surface area contributed by atoms with E-state index in [1.54, 1.807) is 0 Å². The summed E-state index contributed by atoms with van der Waals surface area (Å²) in [7, 11) is 4.42. The zero-order chi connectivity index (χ0) is 14.4. The van der Waals surface area contributed by atoms with Gasteiger partial charge < -0.3 is 9.80 Å². The molecule has 1 aromatic carbocycles. The number of likely N-dealkylation sites (N-methyl/N-ethyl adjacent to an activating group) is 2. The molecule has 1 saturated heterocycles. The lowest BCUT2D eigenvalue weighted by molar-refractivity contribution is 0.173. The van der Waals surface area contributed by atoms with Crippen molar-refractivity contribution >= 4 is 0 Å². The van der Waals surface area contributed by atoms with Crippen molar-refractivity contribution in [1.29, 1.82) is 0 Å². The lowest BCUT2D eigenvalue weighted by atomic mass is 9.99. The molecule has 2 rings (SSSR count). The topological polar surface area (TPSA) is 44.5 Å². The van der Waals surface area contributed by atoms with Gasteiger partial charge >= 0.3 is 0 Å². The van der Waals surface area contributed by atoms with E-state index in [1.165, 1.54) is 18.5 Å². The number of nitrogens with two attached hydrogens (primary N) is 1. The van der Waals surface area contributed by atoms with Crippen LogP contribution in [0.3, 0.4) is 0 Å². The van der Waals surface area contributed by atoms with E-state index in [0.29, 0.717) is 12.1 Å². The van der Waals surface area contributed by atoms with Crippen molar-refractivity contribution in [3.05, 3.63) is 35.9 Å². The summed E-state index contributed by atoms with van der Waals surface area (Å²) in [6.45, 7) is 3.41. The standard InChI is InChI=1S/C16H28N4/c1-19-11-6-12-20(2)16(13-19)15(18-17)10-9-14-7-4-3-5-8-14/h3-5,7-8,15-16,18H,6,9-13,17H2,1-2H3. The number of nitrogens with one attached hydrogen (secondary N) is 1. The van der Waals surface area contributed by atoms with Crippen LogP contribution < -0.4 is 11.3 Å². The highest BCUT2D eigenvalue weighted by Crippen LogP contribution is 2.14. The van der Waals surface area contributed by atoms with Crippen molar-refractivity contribution in [2.24, 2.45) is 5.84 Å². The average molecular weight is 276 g/mol. The molecule has 4 nitrogen and oxygen atoms in total. The predicted octanol–water partition coefficient (Wildman–Crippen LogP) is 1.09. The number of hydrazine groups is 1. The van der Waals surface area contributed by atoms with Crippen molar-refractivity contribution in [3.8, 4) is 0 Å². The van der Waals surface area contributed by atoms with Gasteiger partial charge in [0.2, 0.25) is 0 Å². The lowest BCUT2D eigenvalue weighted by Gasteiger charge is -2.34. The zero-order valence-corrected chi connectivity index (χ0v) is 12.8. The number of aryl methyl sites for hydroxylation is 1. The number of hydrogen-bond donors (Lipinski definition) is 2. The molecule has 2 unspecified atom stereocenters. The molecule has 0 spiro atoms. The number of nitrogens with zero attached hydrogens (tertiary/aromatic N) is 2. The third-order valence-electron chi connectivity index (χ3n) is 4.38. The molecule has 20 heavy (non-hydrogen) atoms. The molecule has 0 aliphatic carbocycles. The first-order valence-corrected chi connectivity index (χ1v) is 7.59. The molecule has 1 heterocycles. The van der Waals surface area contributed by atoms with E-state index in [4.69, 9.17) is 5.84 Å². The molecule has 3 N–H and O–H groups in total. The minimum atomic E-state index is 0.334. The van der Waals surface area contributed by atoms with Crippen LogP contribution in [0.1, 0.15) is 18.4 Å². The van der Waals surface area contributed by atoms with Gasteiger partial charge in [0.05, 0.1) is 0 Å². The number of hydrogen-bond acceptors (Lipinski definition) is 4. The third-order valence-corrected chi connectivity index (χ3v) is 4.38. The molecule has 0 bridgehead atoms. The molecule has 112 valence electrons. The van der Waals surface area contributed by atoms with Gasteiger partial charge in [0.25, 0.3) is 0 Å². The van der Waals surface area contributed by atoms with E-state index in [1.807, 2.05) is 0 Å². The van der Waals surface area contributed by atoms with Crippen molar-refractivity contribution in [2.75, 3.05) is 33.7 Å². The maximum Gasteiger partial charge on any atom is 0.0386 e. The molecular weight excluding hydrogens is 248 g/mol. The SMILES string of the molecule is CN1CCCN(C)C(C(CCc2ccccc2)NN)C1. The Balaban J connectivity index is 1.95. The second-order valence-corrected chi connectivity index (χ2v) is 5.96. The highest BCUT2D eigenvalue weighted by atomic mass is 15.3. The van der Waals surface area contributed by atoms with Crippen molar-refractivity contribution in [2.45, 2.75) is 31.3 Å². The summed E-state index contributed by atoms with van der Waals surface area (Å²) >= 11 is 0. The van der Waals surface area contributed by atoms with E-state index >= 15 is 0 Å². The summed E-state index contributed by atoms with van der Waals surface area (Å²) in [6.07, 6.45) is 3.38. The van der Waals surface area contributed by atoms with Crippen LogP contribution >= 0.6 is 0 Å². The Bertz CT molecular complexity index is 381. The zero-order valence-electron chi connectivity index (χ0n) is 12.8. The Morgan fingerprint density at radius 3 is 2.70 bits per heavy atom. The fourth-order valence-electron chi connectivity index (χ4n) is 3.09. The van der Waals surface area contributed by atoms with Crippen LogP contribution in [0.2, 0.25) is 0 Å². The normalized spacial score (nSPS) is 23.4. The monoisotopic (exact) mass is 276 g/mol. The molecule has 0 aromatic heterocycles. The van der Waals surface area contributed by atoms with E-state index in [-0.39, 0.29) is 0 Å². The molecule has 4 heteroatoms. The quantitative estimate of drug-likeness (QED) is 0.624. The summed E-state index contributed by atoms with van der Waals surface area (Å²) in [5.74, 6) is 5.83. The predicted molar refractivity (Wildman–Crippen MR) is 84.4 cm³/mol. The van der Waals surface area contributed by atoms with Gasteiger partial charge in [0.15, 0.2) is 0 Å².